The number of aromatic nitrogens is 2. The lowest BCUT2D eigenvalue weighted by Crippen LogP contribution is -1.97. The lowest BCUT2D eigenvalue weighted by Gasteiger charge is -2.06. The molecule has 0 amide bonds. The van der Waals surface area contributed by atoms with Crippen LogP contribution in [-0.2, 0) is 11.2 Å². The first kappa shape index (κ1) is 28.0. The van der Waals surface area contributed by atoms with Crippen LogP contribution >= 0.6 is 0 Å². The van der Waals surface area contributed by atoms with Gasteiger partial charge in [0.2, 0.25) is 0 Å². The summed E-state index contributed by atoms with van der Waals surface area (Å²) in [5.41, 5.74) is 2.40. The van der Waals surface area contributed by atoms with E-state index in [-0.39, 0.29) is 0 Å². The average molecular weight is 467 g/mol. The van der Waals surface area contributed by atoms with E-state index in [1.165, 1.54) is 63.4 Å². The Kier molecular flexibility index (Phi) is 15.8. The van der Waals surface area contributed by atoms with Crippen LogP contribution in [0.25, 0.3) is 11.4 Å². The van der Waals surface area contributed by atoms with E-state index < -0.39 is 0 Å². The first-order valence-electron chi connectivity index (χ1n) is 13.6. The summed E-state index contributed by atoms with van der Waals surface area (Å²) < 4.78 is 11.3. The Hall–Kier alpha value is -2.20. The standard InChI is InChI=1S/C30H46N2O2/c1-3-5-6-7-8-9-10-11-12-16-24-34-29-25-31-30(32-26-29)28-20-18-27(19-21-28)17-14-13-15-23-33-22-4-2/h12,16,18-21,25-26H,3-11,13-15,17,22-24H2,1-2H3. The van der Waals surface area contributed by atoms with Gasteiger partial charge in [-0.15, -0.1) is 0 Å². The van der Waals surface area contributed by atoms with Crippen LogP contribution in [0.15, 0.2) is 48.8 Å². The number of ether oxygens (including phenoxy) is 2. The van der Waals surface area contributed by atoms with Crippen molar-refractivity contribution >= 4 is 0 Å². The zero-order valence-corrected chi connectivity index (χ0v) is 21.6. The third-order valence-electron chi connectivity index (χ3n) is 5.93. The zero-order valence-electron chi connectivity index (χ0n) is 21.6. The minimum atomic E-state index is 0.568. The summed E-state index contributed by atoms with van der Waals surface area (Å²) in [5, 5.41) is 0. The van der Waals surface area contributed by atoms with Crippen LogP contribution in [0.1, 0.15) is 96.5 Å². The van der Waals surface area contributed by atoms with E-state index >= 15 is 0 Å². The predicted molar refractivity (Wildman–Crippen MR) is 143 cm³/mol. The molecule has 0 unspecified atom stereocenters. The Labute approximate surface area is 208 Å². The van der Waals surface area contributed by atoms with E-state index in [9.17, 15) is 0 Å². The van der Waals surface area contributed by atoms with Crippen LogP contribution in [0.4, 0.5) is 0 Å². The van der Waals surface area contributed by atoms with Gasteiger partial charge in [0, 0.05) is 18.8 Å². The van der Waals surface area contributed by atoms with Gasteiger partial charge in [-0.1, -0.05) is 95.2 Å². The lowest BCUT2D eigenvalue weighted by molar-refractivity contribution is 0.130. The van der Waals surface area contributed by atoms with Crippen molar-refractivity contribution in [3.05, 3.63) is 54.4 Å². The van der Waals surface area contributed by atoms with E-state index in [1.54, 1.807) is 12.4 Å². The molecule has 4 heteroatoms. The molecular weight excluding hydrogens is 420 g/mol. The van der Waals surface area contributed by atoms with Gasteiger partial charge in [-0.3, -0.25) is 0 Å². The molecule has 1 aromatic heterocycles. The van der Waals surface area contributed by atoms with Gasteiger partial charge in [-0.05, 0) is 44.1 Å². The number of nitrogens with zero attached hydrogens (tertiary/aromatic N) is 2. The average Bonchev–Trinajstić information content (AvgIpc) is 2.87. The highest BCUT2D eigenvalue weighted by Gasteiger charge is 2.03. The number of hydrogen-bond donors (Lipinski definition) is 0. The Morgan fingerprint density at radius 1 is 0.706 bits per heavy atom. The third-order valence-corrected chi connectivity index (χ3v) is 5.93. The number of hydrogen-bond acceptors (Lipinski definition) is 4. The van der Waals surface area contributed by atoms with E-state index in [4.69, 9.17) is 9.47 Å². The van der Waals surface area contributed by atoms with Crippen molar-refractivity contribution in [2.75, 3.05) is 19.8 Å². The quantitative estimate of drug-likeness (QED) is 0.145. The summed E-state index contributed by atoms with van der Waals surface area (Å²) in [6.45, 7) is 6.75. The SMILES string of the molecule is CCCCCCCCCC=CCOc1cnc(-c2ccc(CCCCCOCCC)cc2)nc1. The molecule has 4 nitrogen and oxygen atoms in total. The Morgan fingerprint density at radius 3 is 2.15 bits per heavy atom. The lowest BCUT2D eigenvalue weighted by atomic mass is 10.0. The molecule has 0 atom stereocenters. The van der Waals surface area contributed by atoms with Gasteiger partial charge in [0.05, 0.1) is 12.4 Å². The molecule has 188 valence electrons. The van der Waals surface area contributed by atoms with Gasteiger partial charge >= 0.3 is 0 Å². The monoisotopic (exact) mass is 466 g/mol. The van der Waals surface area contributed by atoms with Gasteiger partial charge < -0.3 is 9.47 Å². The summed E-state index contributed by atoms with van der Waals surface area (Å²) in [7, 11) is 0. The van der Waals surface area contributed by atoms with Crippen molar-refractivity contribution in [3.63, 3.8) is 0 Å². The number of allylic oxidation sites excluding steroid dienone is 1. The van der Waals surface area contributed by atoms with Crippen molar-refractivity contribution < 1.29 is 9.47 Å². The molecule has 0 radical (unpaired) electrons. The highest BCUT2D eigenvalue weighted by atomic mass is 16.5. The van der Waals surface area contributed by atoms with Crippen LogP contribution in [0, 0.1) is 0 Å². The molecular formula is C30H46N2O2. The normalized spacial score (nSPS) is 11.4. The van der Waals surface area contributed by atoms with E-state index in [0.29, 0.717) is 12.4 Å². The summed E-state index contributed by atoms with van der Waals surface area (Å²) in [4.78, 5) is 8.97. The number of unbranched alkanes of at least 4 members (excludes halogenated alkanes) is 9. The zero-order chi connectivity index (χ0) is 24.1. The number of rotatable bonds is 20. The molecule has 1 aromatic carbocycles. The Morgan fingerprint density at radius 2 is 1.41 bits per heavy atom. The summed E-state index contributed by atoms with van der Waals surface area (Å²) in [5.74, 6) is 1.45. The maximum Gasteiger partial charge on any atom is 0.159 e. The molecule has 2 rings (SSSR count). The molecule has 0 saturated heterocycles. The van der Waals surface area contributed by atoms with Crippen molar-refractivity contribution in [2.24, 2.45) is 0 Å². The highest BCUT2D eigenvalue weighted by Crippen LogP contribution is 2.18. The van der Waals surface area contributed by atoms with Crippen molar-refractivity contribution in [3.8, 4) is 17.1 Å². The maximum absolute atomic E-state index is 5.75. The topological polar surface area (TPSA) is 44.2 Å². The third kappa shape index (κ3) is 12.9. The number of benzene rings is 1. The first-order chi connectivity index (χ1) is 16.8. The van der Waals surface area contributed by atoms with Crippen LogP contribution in [-0.4, -0.2) is 29.8 Å². The van der Waals surface area contributed by atoms with E-state index in [1.807, 2.05) is 0 Å². The van der Waals surface area contributed by atoms with E-state index in [2.05, 4.69) is 60.2 Å². The summed E-state index contributed by atoms with van der Waals surface area (Å²) >= 11 is 0. The van der Waals surface area contributed by atoms with Gasteiger partial charge in [-0.2, -0.15) is 0 Å². The first-order valence-corrected chi connectivity index (χ1v) is 13.6. The predicted octanol–water partition coefficient (Wildman–Crippen LogP) is 8.36. The second-order valence-electron chi connectivity index (χ2n) is 9.05. The van der Waals surface area contributed by atoms with E-state index in [0.717, 1.165) is 50.3 Å². The summed E-state index contributed by atoms with van der Waals surface area (Å²) in [6.07, 6.45) is 24.2. The van der Waals surface area contributed by atoms with Crippen molar-refractivity contribution in [1.82, 2.24) is 9.97 Å². The van der Waals surface area contributed by atoms with Crippen LogP contribution < -0.4 is 4.74 Å². The molecule has 0 spiro atoms. The summed E-state index contributed by atoms with van der Waals surface area (Å²) in [6, 6.07) is 8.60. The highest BCUT2D eigenvalue weighted by molar-refractivity contribution is 5.55. The molecule has 0 aliphatic carbocycles. The molecule has 0 N–H and O–H groups in total. The molecule has 0 bridgehead atoms. The molecule has 0 fully saturated rings. The smallest absolute Gasteiger partial charge is 0.159 e. The van der Waals surface area contributed by atoms with Gasteiger partial charge in [0.25, 0.3) is 0 Å². The van der Waals surface area contributed by atoms with Gasteiger partial charge in [0.1, 0.15) is 6.61 Å². The van der Waals surface area contributed by atoms with Crippen molar-refractivity contribution in [2.45, 2.75) is 97.3 Å². The second kappa shape index (κ2) is 19.1. The fourth-order valence-corrected chi connectivity index (χ4v) is 3.87. The molecule has 0 saturated carbocycles. The molecule has 1 heterocycles. The minimum Gasteiger partial charge on any atom is -0.486 e. The second-order valence-corrected chi connectivity index (χ2v) is 9.05. The fraction of sp³-hybridized carbons (Fsp3) is 0.600. The molecule has 0 aliphatic heterocycles. The maximum atomic E-state index is 5.75. The Balaban J connectivity index is 1.60. The van der Waals surface area contributed by atoms with Gasteiger partial charge in [0.15, 0.2) is 11.6 Å². The largest absolute Gasteiger partial charge is 0.486 e. The van der Waals surface area contributed by atoms with Gasteiger partial charge in [-0.25, -0.2) is 9.97 Å². The van der Waals surface area contributed by atoms with Crippen LogP contribution in [0.5, 0.6) is 5.75 Å². The molecule has 0 aliphatic rings. The molecule has 34 heavy (non-hydrogen) atoms. The van der Waals surface area contributed by atoms with Crippen LogP contribution in [0.2, 0.25) is 0 Å². The number of aryl methyl sites for hydroxylation is 1. The fourth-order valence-electron chi connectivity index (χ4n) is 3.87. The van der Waals surface area contributed by atoms with Crippen molar-refractivity contribution in [1.29, 1.82) is 0 Å². The Bertz CT molecular complexity index is 756. The minimum absolute atomic E-state index is 0.568. The van der Waals surface area contributed by atoms with Crippen LogP contribution in [0.3, 0.4) is 0 Å². The molecule has 2 aromatic rings.